The average Bonchev–Trinajstić information content (AvgIpc) is 3.10. The van der Waals surface area contributed by atoms with Crippen LogP contribution >= 0.6 is 0 Å². The number of ether oxygens (including phenoxy) is 3. The van der Waals surface area contributed by atoms with Gasteiger partial charge in [-0.3, -0.25) is 4.90 Å². The van der Waals surface area contributed by atoms with Crippen molar-refractivity contribution < 1.29 is 14.2 Å². The molecule has 1 saturated heterocycles. The normalized spacial score (nSPS) is 20.1. The molecule has 126 valence electrons. The van der Waals surface area contributed by atoms with E-state index >= 15 is 0 Å². The molecule has 4 nitrogen and oxygen atoms in total. The van der Waals surface area contributed by atoms with Crippen LogP contribution in [0, 0.1) is 0 Å². The molecule has 24 heavy (non-hydrogen) atoms. The molecule has 4 rings (SSSR count). The number of hydrogen-bond acceptors (Lipinski definition) is 4. The molecule has 2 aromatic rings. The quantitative estimate of drug-likeness (QED) is 0.861. The summed E-state index contributed by atoms with van der Waals surface area (Å²) in [6.45, 7) is 4.39. The van der Waals surface area contributed by atoms with Gasteiger partial charge in [-0.25, -0.2) is 0 Å². The van der Waals surface area contributed by atoms with Crippen molar-refractivity contribution in [1.82, 2.24) is 4.90 Å². The molecular weight excluding hydrogens is 302 g/mol. The van der Waals surface area contributed by atoms with Crippen LogP contribution in [0.25, 0.3) is 0 Å². The zero-order chi connectivity index (χ0) is 16.4. The first-order valence-electron chi connectivity index (χ1n) is 8.57. The van der Waals surface area contributed by atoms with Gasteiger partial charge in [0.05, 0.1) is 7.11 Å². The number of methoxy groups -OCH3 is 1. The topological polar surface area (TPSA) is 30.9 Å². The molecule has 0 N–H and O–H groups in total. The molecule has 1 atom stereocenters. The Labute approximate surface area is 142 Å². The monoisotopic (exact) mass is 325 g/mol. The van der Waals surface area contributed by atoms with E-state index in [0.717, 1.165) is 36.9 Å². The maximum atomic E-state index is 5.69. The van der Waals surface area contributed by atoms with Crippen LogP contribution in [0.15, 0.2) is 42.5 Å². The molecule has 0 radical (unpaired) electrons. The molecule has 2 aliphatic rings. The maximum absolute atomic E-state index is 5.69. The highest BCUT2D eigenvalue weighted by Crippen LogP contribution is 2.35. The number of likely N-dealkylation sites (tertiary alicyclic amines) is 1. The first-order chi connectivity index (χ1) is 11.8. The van der Waals surface area contributed by atoms with Crippen LogP contribution in [0.4, 0.5) is 0 Å². The van der Waals surface area contributed by atoms with Gasteiger partial charge in [-0.1, -0.05) is 24.3 Å². The van der Waals surface area contributed by atoms with Gasteiger partial charge < -0.3 is 14.2 Å². The minimum absolute atomic E-state index is 0.540. The van der Waals surface area contributed by atoms with Crippen LogP contribution in [0.3, 0.4) is 0 Å². The van der Waals surface area contributed by atoms with E-state index in [-0.39, 0.29) is 0 Å². The summed E-state index contributed by atoms with van der Waals surface area (Å²) in [7, 11) is 1.75. The predicted molar refractivity (Wildman–Crippen MR) is 93.1 cm³/mol. The number of fused-ring (bicyclic) bond motifs is 1. The van der Waals surface area contributed by atoms with E-state index in [9.17, 15) is 0 Å². The van der Waals surface area contributed by atoms with Crippen molar-refractivity contribution in [2.75, 3.05) is 33.4 Å². The summed E-state index contributed by atoms with van der Waals surface area (Å²) in [6, 6.07) is 14.7. The van der Waals surface area contributed by atoms with Gasteiger partial charge in [-0.2, -0.15) is 0 Å². The Morgan fingerprint density at radius 2 is 1.92 bits per heavy atom. The minimum Gasteiger partial charge on any atom is -0.496 e. The second kappa shape index (κ2) is 6.73. The summed E-state index contributed by atoms with van der Waals surface area (Å²) in [5.41, 5.74) is 2.60. The van der Waals surface area contributed by atoms with Crippen LogP contribution < -0.4 is 14.2 Å². The van der Waals surface area contributed by atoms with Crippen LogP contribution in [-0.2, 0) is 6.54 Å². The summed E-state index contributed by atoms with van der Waals surface area (Å²) in [5.74, 6) is 3.28. The van der Waals surface area contributed by atoms with E-state index < -0.39 is 0 Å². The summed E-state index contributed by atoms with van der Waals surface area (Å²) >= 11 is 0. The third kappa shape index (κ3) is 3.06. The molecular formula is C20H23NO3. The van der Waals surface area contributed by atoms with Crippen LogP contribution in [0.2, 0.25) is 0 Å². The fourth-order valence-corrected chi connectivity index (χ4v) is 3.68. The van der Waals surface area contributed by atoms with Gasteiger partial charge in [0.15, 0.2) is 11.5 Å². The first-order valence-corrected chi connectivity index (χ1v) is 8.57. The number of benzene rings is 2. The van der Waals surface area contributed by atoms with Gasteiger partial charge in [0.25, 0.3) is 0 Å². The Kier molecular flexibility index (Phi) is 4.30. The predicted octanol–water partition coefficient (Wildman–Crippen LogP) is 3.46. The number of para-hydroxylation sites is 1. The third-order valence-corrected chi connectivity index (χ3v) is 4.86. The largest absolute Gasteiger partial charge is 0.496 e. The van der Waals surface area contributed by atoms with E-state index in [1.54, 1.807) is 7.11 Å². The molecule has 2 aromatic carbocycles. The highest BCUT2D eigenvalue weighted by molar-refractivity contribution is 5.44. The van der Waals surface area contributed by atoms with E-state index in [4.69, 9.17) is 14.2 Å². The lowest BCUT2D eigenvalue weighted by Crippen LogP contribution is -2.20. The lowest BCUT2D eigenvalue weighted by Gasteiger charge is -2.21. The lowest BCUT2D eigenvalue weighted by atomic mass is 9.97. The lowest BCUT2D eigenvalue weighted by molar-refractivity contribution is 0.171. The summed E-state index contributed by atoms with van der Waals surface area (Å²) in [4.78, 5) is 2.50. The van der Waals surface area contributed by atoms with Crippen LogP contribution in [0.1, 0.15) is 23.5 Å². The minimum atomic E-state index is 0.540. The van der Waals surface area contributed by atoms with Gasteiger partial charge in [-0.15, -0.1) is 0 Å². The Morgan fingerprint density at radius 1 is 1.08 bits per heavy atom. The zero-order valence-corrected chi connectivity index (χ0v) is 14.0. The van der Waals surface area contributed by atoms with Gasteiger partial charge >= 0.3 is 0 Å². The average molecular weight is 325 g/mol. The van der Waals surface area contributed by atoms with Crippen molar-refractivity contribution in [2.45, 2.75) is 18.9 Å². The Morgan fingerprint density at radius 3 is 2.79 bits per heavy atom. The maximum Gasteiger partial charge on any atom is 0.161 e. The first kappa shape index (κ1) is 15.3. The Hall–Kier alpha value is -2.20. The van der Waals surface area contributed by atoms with Gasteiger partial charge in [-0.05, 0) is 42.3 Å². The second-order valence-electron chi connectivity index (χ2n) is 6.44. The van der Waals surface area contributed by atoms with E-state index in [0.29, 0.717) is 19.1 Å². The second-order valence-corrected chi connectivity index (χ2v) is 6.44. The molecule has 0 saturated carbocycles. The Balaban J connectivity index is 1.44. The van der Waals surface area contributed by atoms with Crippen LogP contribution in [0.5, 0.6) is 17.2 Å². The van der Waals surface area contributed by atoms with E-state index in [1.807, 2.05) is 12.1 Å². The highest BCUT2D eigenvalue weighted by atomic mass is 16.6. The molecule has 0 unspecified atom stereocenters. The zero-order valence-electron chi connectivity index (χ0n) is 14.0. The molecule has 0 aliphatic carbocycles. The van der Waals surface area contributed by atoms with Crippen molar-refractivity contribution >= 4 is 0 Å². The van der Waals surface area contributed by atoms with Crippen molar-refractivity contribution in [3.05, 3.63) is 53.6 Å². The van der Waals surface area contributed by atoms with Gasteiger partial charge in [0.2, 0.25) is 0 Å². The molecule has 0 amide bonds. The number of nitrogens with zero attached hydrogens (tertiary/aromatic N) is 1. The van der Waals surface area contributed by atoms with Crippen molar-refractivity contribution in [1.29, 1.82) is 0 Å². The van der Waals surface area contributed by atoms with Crippen LogP contribution in [-0.4, -0.2) is 38.3 Å². The highest BCUT2D eigenvalue weighted by Gasteiger charge is 2.26. The standard InChI is InChI=1S/C20H23NO3/c1-22-18-5-3-2-4-17(18)16-8-9-21(14-16)13-15-6-7-19-20(12-15)24-11-10-23-19/h2-7,12,16H,8-11,13-14H2,1H3/t16-/m0/s1. The summed E-state index contributed by atoms with van der Waals surface area (Å²) in [5, 5.41) is 0. The number of hydrogen-bond donors (Lipinski definition) is 0. The van der Waals surface area contributed by atoms with E-state index in [2.05, 4.69) is 35.2 Å². The molecule has 2 heterocycles. The SMILES string of the molecule is COc1ccccc1[C@H]1CCN(Cc2ccc3c(c2)OCCO3)C1. The van der Waals surface area contributed by atoms with Crippen molar-refractivity contribution in [3.63, 3.8) is 0 Å². The fraction of sp³-hybridized carbons (Fsp3) is 0.400. The smallest absolute Gasteiger partial charge is 0.161 e. The Bertz CT molecular complexity index is 716. The molecule has 4 heteroatoms. The van der Waals surface area contributed by atoms with Gasteiger partial charge in [0, 0.05) is 19.0 Å². The van der Waals surface area contributed by atoms with Gasteiger partial charge in [0.1, 0.15) is 19.0 Å². The number of rotatable bonds is 4. The molecule has 2 aliphatic heterocycles. The van der Waals surface area contributed by atoms with Crippen molar-refractivity contribution in [3.8, 4) is 17.2 Å². The molecule has 0 aromatic heterocycles. The van der Waals surface area contributed by atoms with E-state index in [1.165, 1.54) is 17.5 Å². The molecule has 1 fully saturated rings. The molecule has 0 spiro atoms. The fourth-order valence-electron chi connectivity index (χ4n) is 3.68. The molecule has 0 bridgehead atoms. The summed E-state index contributed by atoms with van der Waals surface area (Å²) < 4.78 is 16.8. The third-order valence-electron chi connectivity index (χ3n) is 4.86. The summed E-state index contributed by atoms with van der Waals surface area (Å²) in [6.07, 6.45) is 1.17. The van der Waals surface area contributed by atoms with Crippen molar-refractivity contribution in [2.24, 2.45) is 0 Å².